The highest BCUT2D eigenvalue weighted by molar-refractivity contribution is 5.78. The normalized spacial score (nSPS) is 19.9. The second kappa shape index (κ2) is 8.31. The Morgan fingerprint density at radius 1 is 0.913 bits per heavy atom. The summed E-state index contributed by atoms with van der Waals surface area (Å²) in [5, 5.41) is 0. The van der Waals surface area contributed by atoms with Gasteiger partial charge in [0.1, 0.15) is 12.4 Å². The fraction of sp³-hybridized carbons (Fsp3) is 0.611. The molecule has 2 aliphatic heterocycles. The molecule has 126 valence electrons. The zero-order valence-corrected chi connectivity index (χ0v) is 13.8. The molecule has 0 radical (unpaired) electrons. The third-order valence-electron chi connectivity index (χ3n) is 4.70. The molecule has 1 aromatic rings. The van der Waals surface area contributed by atoms with Crippen LogP contribution in [0.2, 0.25) is 0 Å². The van der Waals surface area contributed by atoms with Crippen LogP contribution in [0, 0.1) is 0 Å². The van der Waals surface area contributed by atoms with Crippen LogP contribution >= 0.6 is 0 Å². The topological polar surface area (TPSA) is 36.0 Å². The highest BCUT2D eigenvalue weighted by Gasteiger charge is 2.23. The van der Waals surface area contributed by atoms with Crippen molar-refractivity contribution in [2.75, 3.05) is 59.0 Å². The number of piperazine rings is 1. The predicted octanol–water partition coefficient (Wildman–Crippen LogP) is 1.31. The fourth-order valence-corrected chi connectivity index (χ4v) is 3.24. The van der Waals surface area contributed by atoms with Crippen LogP contribution in [-0.4, -0.2) is 79.6 Å². The molecular formula is C18H27N3O2. The molecule has 2 fully saturated rings. The van der Waals surface area contributed by atoms with Crippen LogP contribution in [0.1, 0.15) is 12.8 Å². The lowest BCUT2D eigenvalue weighted by molar-refractivity contribution is -0.131. The third-order valence-corrected chi connectivity index (χ3v) is 4.70. The first-order chi connectivity index (χ1) is 11.3. The Kier molecular flexibility index (Phi) is 5.88. The van der Waals surface area contributed by atoms with Gasteiger partial charge >= 0.3 is 0 Å². The number of benzene rings is 1. The van der Waals surface area contributed by atoms with Crippen molar-refractivity contribution in [3.63, 3.8) is 0 Å². The fourth-order valence-electron chi connectivity index (χ4n) is 3.24. The van der Waals surface area contributed by atoms with Gasteiger partial charge in [0.05, 0.1) is 6.54 Å². The van der Waals surface area contributed by atoms with E-state index in [1.807, 2.05) is 35.2 Å². The minimum atomic E-state index is 0.309. The number of amides is 1. The predicted molar refractivity (Wildman–Crippen MR) is 90.6 cm³/mol. The van der Waals surface area contributed by atoms with E-state index in [0.29, 0.717) is 12.5 Å². The van der Waals surface area contributed by atoms with E-state index in [-0.39, 0.29) is 0 Å². The lowest BCUT2D eigenvalue weighted by Crippen LogP contribution is -2.50. The molecule has 5 nitrogen and oxygen atoms in total. The summed E-state index contributed by atoms with van der Waals surface area (Å²) in [4.78, 5) is 18.9. The van der Waals surface area contributed by atoms with Gasteiger partial charge in [0, 0.05) is 45.8 Å². The van der Waals surface area contributed by atoms with Gasteiger partial charge in [0.25, 0.3) is 0 Å². The summed E-state index contributed by atoms with van der Waals surface area (Å²) in [5.41, 5.74) is 0. The molecule has 0 saturated carbocycles. The maximum atomic E-state index is 12.2. The Labute approximate surface area is 138 Å². The van der Waals surface area contributed by atoms with Crippen LogP contribution in [0.5, 0.6) is 5.75 Å². The minimum absolute atomic E-state index is 0.309. The summed E-state index contributed by atoms with van der Waals surface area (Å²) in [6, 6.07) is 9.95. The lowest BCUT2D eigenvalue weighted by atomic mass is 10.3. The molecule has 2 heterocycles. The maximum Gasteiger partial charge on any atom is 0.236 e. The molecule has 23 heavy (non-hydrogen) atoms. The van der Waals surface area contributed by atoms with Crippen LogP contribution < -0.4 is 4.74 Å². The van der Waals surface area contributed by atoms with Crippen molar-refractivity contribution in [2.24, 2.45) is 0 Å². The first-order valence-corrected chi connectivity index (χ1v) is 8.71. The van der Waals surface area contributed by atoms with Gasteiger partial charge in [-0.3, -0.25) is 14.6 Å². The molecule has 0 aliphatic carbocycles. The number of carbonyl (C=O) groups is 1. The molecular weight excluding hydrogens is 290 g/mol. The Morgan fingerprint density at radius 3 is 2.26 bits per heavy atom. The van der Waals surface area contributed by atoms with E-state index in [2.05, 4.69) is 9.80 Å². The van der Waals surface area contributed by atoms with Crippen molar-refractivity contribution in [1.82, 2.24) is 14.7 Å². The average molecular weight is 317 g/mol. The average Bonchev–Trinajstić information content (AvgIpc) is 3.12. The summed E-state index contributed by atoms with van der Waals surface area (Å²) in [7, 11) is 0. The molecule has 2 saturated heterocycles. The summed E-state index contributed by atoms with van der Waals surface area (Å²) in [6.07, 6.45) is 2.34. The van der Waals surface area contributed by atoms with E-state index in [4.69, 9.17) is 4.74 Å². The zero-order chi connectivity index (χ0) is 15.9. The standard InChI is InChI=1S/C18H27N3O2/c22-18(21-8-4-5-9-21)16-20-12-10-19(11-13-20)14-15-23-17-6-2-1-3-7-17/h1-3,6-7H,4-5,8-16H2. The van der Waals surface area contributed by atoms with Crippen molar-refractivity contribution in [3.8, 4) is 5.75 Å². The van der Waals surface area contributed by atoms with Crippen LogP contribution in [0.15, 0.2) is 30.3 Å². The van der Waals surface area contributed by atoms with Gasteiger partial charge in [0.2, 0.25) is 5.91 Å². The first kappa shape index (κ1) is 16.3. The van der Waals surface area contributed by atoms with Gasteiger partial charge in [-0.15, -0.1) is 0 Å². The maximum absolute atomic E-state index is 12.2. The van der Waals surface area contributed by atoms with Crippen molar-refractivity contribution in [2.45, 2.75) is 12.8 Å². The number of likely N-dealkylation sites (tertiary alicyclic amines) is 1. The third kappa shape index (κ3) is 4.94. The van der Waals surface area contributed by atoms with Crippen molar-refractivity contribution < 1.29 is 9.53 Å². The molecule has 0 bridgehead atoms. The molecule has 1 amide bonds. The number of nitrogens with zero attached hydrogens (tertiary/aromatic N) is 3. The number of rotatable bonds is 6. The van der Waals surface area contributed by atoms with E-state index < -0.39 is 0 Å². The van der Waals surface area contributed by atoms with Gasteiger partial charge in [-0.25, -0.2) is 0 Å². The Balaban J connectivity index is 1.31. The highest BCUT2D eigenvalue weighted by Crippen LogP contribution is 2.10. The molecule has 0 atom stereocenters. The molecule has 0 aromatic heterocycles. The smallest absolute Gasteiger partial charge is 0.236 e. The van der Waals surface area contributed by atoms with Crippen molar-refractivity contribution in [1.29, 1.82) is 0 Å². The lowest BCUT2D eigenvalue weighted by Gasteiger charge is -2.34. The Bertz CT molecular complexity index is 480. The molecule has 3 rings (SSSR count). The number of hydrogen-bond donors (Lipinski definition) is 0. The van der Waals surface area contributed by atoms with Gasteiger partial charge in [-0.05, 0) is 25.0 Å². The SMILES string of the molecule is O=C(CN1CCN(CCOc2ccccc2)CC1)N1CCCC1. The van der Waals surface area contributed by atoms with Crippen LogP contribution in [0.4, 0.5) is 0 Å². The molecule has 5 heteroatoms. The quantitative estimate of drug-likeness (QED) is 0.792. The number of hydrogen-bond acceptors (Lipinski definition) is 4. The molecule has 0 N–H and O–H groups in total. The summed E-state index contributed by atoms with van der Waals surface area (Å²) in [5.74, 6) is 1.24. The summed E-state index contributed by atoms with van der Waals surface area (Å²) < 4.78 is 5.75. The van der Waals surface area contributed by atoms with E-state index in [9.17, 15) is 4.79 Å². The summed E-state index contributed by atoms with van der Waals surface area (Å²) in [6.45, 7) is 8.16. The van der Waals surface area contributed by atoms with Crippen molar-refractivity contribution in [3.05, 3.63) is 30.3 Å². The molecule has 2 aliphatic rings. The van der Waals surface area contributed by atoms with Gasteiger partial charge in [-0.1, -0.05) is 18.2 Å². The van der Waals surface area contributed by atoms with Crippen LogP contribution in [0.25, 0.3) is 0 Å². The van der Waals surface area contributed by atoms with Crippen LogP contribution in [-0.2, 0) is 4.79 Å². The number of para-hydroxylation sites is 1. The molecule has 0 unspecified atom stereocenters. The minimum Gasteiger partial charge on any atom is -0.492 e. The largest absolute Gasteiger partial charge is 0.492 e. The summed E-state index contributed by atoms with van der Waals surface area (Å²) >= 11 is 0. The molecule has 1 aromatic carbocycles. The number of ether oxygens (including phenoxy) is 1. The van der Waals surface area contributed by atoms with Gasteiger partial charge in [-0.2, -0.15) is 0 Å². The van der Waals surface area contributed by atoms with Crippen molar-refractivity contribution >= 4 is 5.91 Å². The first-order valence-electron chi connectivity index (χ1n) is 8.71. The monoisotopic (exact) mass is 317 g/mol. The Hall–Kier alpha value is -1.59. The Morgan fingerprint density at radius 2 is 1.57 bits per heavy atom. The van der Waals surface area contributed by atoms with Gasteiger partial charge < -0.3 is 9.64 Å². The number of carbonyl (C=O) groups excluding carboxylic acids is 1. The van der Waals surface area contributed by atoms with Crippen LogP contribution in [0.3, 0.4) is 0 Å². The molecule has 0 spiro atoms. The zero-order valence-electron chi connectivity index (χ0n) is 13.8. The second-order valence-corrected chi connectivity index (χ2v) is 6.37. The van der Waals surface area contributed by atoms with E-state index in [1.54, 1.807) is 0 Å². The second-order valence-electron chi connectivity index (χ2n) is 6.37. The van der Waals surface area contributed by atoms with E-state index in [1.165, 1.54) is 12.8 Å². The highest BCUT2D eigenvalue weighted by atomic mass is 16.5. The van der Waals surface area contributed by atoms with E-state index >= 15 is 0 Å². The van der Waals surface area contributed by atoms with Gasteiger partial charge in [0.15, 0.2) is 0 Å². The van der Waals surface area contributed by atoms with E-state index in [0.717, 1.165) is 58.2 Å².